The number of halogens is 2. The Bertz CT molecular complexity index is 813. The molecule has 0 saturated carbocycles. The van der Waals surface area contributed by atoms with E-state index >= 15 is 0 Å². The second-order valence-electron chi connectivity index (χ2n) is 5.36. The van der Waals surface area contributed by atoms with Gasteiger partial charge in [-0.25, -0.2) is 0 Å². The standard InChI is InChI=1S/C18H20Br2N6S2/c19-14-3-1-5-22-16(14)11-27-9-7-24-18(26-13-21)25-8-10-28-12-17-15(20)4-2-6-23-17/h1-6H,7-12H2,(H2,24,25,26). The van der Waals surface area contributed by atoms with Gasteiger partial charge in [-0.3, -0.25) is 20.3 Å². The van der Waals surface area contributed by atoms with Crippen LogP contribution in [0.4, 0.5) is 0 Å². The normalized spacial score (nSPS) is 11.1. The van der Waals surface area contributed by atoms with E-state index in [1.165, 1.54) is 0 Å². The molecule has 0 radical (unpaired) electrons. The van der Waals surface area contributed by atoms with E-state index in [2.05, 4.69) is 57.5 Å². The summed E-state index contributed by atoms with van der Waals surface area (Å²) in [5.74, 6) is 3.91. The average molecular weight is 544 g/mol. The van der Waals surface area contributed by atoms with Gasteiger partial charge in [-0.05, 0) is 56.1 Å². The molecule has 2 heterocycles. The first-order valence-corrected chi connectivity index (χ1v) is 12.4. The van der Waals surface area contributed by atoms with Gasteiger partial charge in [-0.2, -0.15) is 28.8 Å². The summed E-state index contributed by atoms with van der Waals surface area (Å²) >= 11 is 10.5. The van der Waals surface area contributed by atoms with Crippen LogP contribution in [-0.4, -0.2) is 40.5 Å². The highest BCUT2D eigenvalue weighted by Gasteiger charge is 2.02. The van der Waals surface area contributed by atoms with E-state index in [-0.39, 0.29) is 0 Å². The molecular formula is C18H20Br2N6S2. The van der Waals surface area contributed by atoms with Crippen LogP contribution in [0.25, 0.3) is 0 Å². The van der Waals surface area contributed by atoms with Crippen LogP contribution in [0.5, 0.6) is 0 Å². The number of guanidine groups is 1. The molecule has 0 aromatic carbocycles. The fraction of sp³-hybridized carbons (Fsp3) is 0.333. The first-order valence-electron chi connectivity index (χ1n) is 8.48. The lowest BCUT2D eigenvalue weighted by atomic mass is 10.4. The Kier molecular flexibility index (Phi) is 11.4. The fourth-order valence-electron chi connectivity index (χ4n) is 2.04. The van der Waals surface area contributed by atoms with Crippen molar-refractivity contribution in [2.45, 2.75) is 11.5 Å². The number of aromatic nitrogens is 2. The highest BCUT2D eigenvalue weighted by molar-refractivity contribution is 9.10. The van der Waals surface area contributed by atoms with Gasteiger partial charge in [0.2, 0.25) is 5.96 Å². The molecule has 148 valence electrons. The Labute approximate surface area is 190 Å². The fourth-order valence-corrected chi connectivity index (χ4v) is 4.81. The van der Waals surface area contributed by atoms with E-state index in [1.54, 1.807) is 35.9 Å². The zero-order valence-corrected chi connectivity index (χ0v) is 19.9. The highest BCUT2D eigenvalue weighted by Crippen LogP contribution is 2.19. The van der Waals surface area contributed by atoms with Crippen LogP contribution in [0.2, 0.25) is 0 Å². The molecular weight excluding hydrogens is 524 g/mol. The van der Waals surface area contributed by atoms with Crippen molar-refractivity contribution in [2.75, 3.05) is 24.6 Å². The molecule has 0 spiro atoms. The predicted molar refractivity (Wildman–Crippen MR) is 125 cm³/mol. The zero-order chi connectivity index (χ0) is 20.0. The van der Waals surface area contributed by atoms with Crippen LogP contribution in [-0.2, 0) is 11.5 Å². The number of hydrogen-bond donors (Lipinski definition) is 2. The highest BCUT2D eigenvalue weighted by atomic mass is 79.9. The molecule has 0 aliphatic carbocycles. The van der Waals surface area contributed by atoms with E-state index in [0.717, 1.165) is 49.9 Å². The largest absolute Gasteiger partial charge is 0.355 e. The Morgan fingerprint density at radius 2 is 1.64 bits per heavy atom. The Morgan fingerprint density at radius 1 is 1.04 bits per heavy atom. The Balaban J connectivity index is 1.64. The van der Waals surface area contributed by atoms with Crippen LogP contribution >= 0.6 is 55.4 Å². The van der Waals surface area contributed by atoms with E-state index in [9.17, 15) is 0 Å². The van der Waals surface area contributed by atoms with E-state index < -0.39 is 0 Å². The molecule has 28 heavy (non-hydrogen) atoms. The van der Waals surface area contributed by atoms with Crippen molar-refractivity contribution in [1.82, 2.24) is 20.6 Å². The summed E-state index contributed by atoms with van der Waals surface area (Å²) in [6.07, 6.45) is 5.52. The van der Waals surface area contributed by atoms with Gasteiger partial charge in [0.1, 0.15) is 0 Å². The minimum Gasteiger partial charge on any atom is -0.355 e. The van der Waals surface area contributed by atoms with Gasteiger partial charge >= 0.3 is 0 Å². The molecule has 0 aliphatic rings. The maximum atomic E-state index is 8.88. The molecule has 0 atom stereocenters. The molecule has 10 heteroatoms. The molecule has 0 amide bonds. The van der Waals surface area contributed by atoms with Crippen LogP contribution in [0.1, 0.15) is 11.4 Å². The van der Waals surface area contributed by atoms with Crippen molar-refractivity contribution >= 4 is 61.3 Å². The molecule has 0 bridgehead atoms. The number of nitrogens with zero attached hydrogens (tertiary/aromatic N) is 4. The second kappa shape index (κ2) is 13.8. The van der Waals surface area contributed by atoms with Crippen molar-refractivity contribution < 1.29 is 0 Å². The van der Waals surface area contributed by atoms with Crippen molar-refractivity contribution in [3.63, 3.8) is 0 Å². The number of nitriles is 1. The van der Waals surface area contributed by atoms with Crippen LogP contribution in [0, 0.1) is 11.5 Å². The van der Waals surface area contributed by atoms with Gasteiger partial charge in [-0.1, -0.05) is 0 Å². The molecule has 2 rings (SSSR count). The SMILES string of the molecule is N#CNC(=NCCSCc1ncccc1Br)NCCSCc1ncccc1Br. The van der Waals surface area contributed by atoms with Gasteiger partial charge in [0.25, 0.3) is 0 Å². The monoisotopic (exact) mass is 542 g/mol. The molecule has 0 unspecified atom stereocenters. The number of hydrogen-bond acceptors (Lipinski definition) is 6. The third kappa shape index (κ3) is 8.82. The lowest BCUT2D eigenvalue weighted by molar-refractivity contribution is 0.916. The number of rotatable bonds is 10. The molecule has 6 nitrogen and oxygen atoms in total. The summed E-state index contributed by atoms with van der Waals surface area (Å²) in [7, 11) is 0. The molecule has 2 aromatic rings. The van der Waals surface area contributed by atoms with Gasteiger partial charge < -0.3 is 5.32 Å². The summed E-state index contributed by atoms with van der Waals surface area (Å²) in [6, 6.07) is 7.79. The number of aliphatic imine (C=N–C) groups is 1. The third-order valence-electron chi connectivity index (χ3n) is 3.37. The molecule has 0 fully saturated rings. The van der Waals surface area contributed by atoms with Crippen molar-refractivity contribution in [1.29, 1.82) is 5.26 Å². The van der Waals surface area contributed by atoms with Crippen molar-refractivity contribution in [3.8, 4) is 6.19 Å². The molecule has 0 saturated heterocycles. The van der Waals surface area contributed by atoms with Crippen molar-refractivity contribution in [2.24, 2.45) is 4.99 Å². The summed E-state index contributed by atoms with van der Waals surface area (Å²) in [5.41, 5.74) is 2.06. The Hall–Kier alpha value is -1.28. The minimum absolute atomic E-state index is 0.515. The summed E-state index contributed by atoms with van der Waals surface area (Å²) in [6.45, 7) is 1.34. The molecule has 2 N–H and O–H groups in total. The number of nitrogens with one attached hydrogen (secondary N) is 2. The Morgan fingerprint density at radius 3 is 2.21 bits per heavy atom. The van der Waals surface area contributed by atoms with E-state index in [1.807, 2.05) is 30.5 Å². The van der Waals surface area contributed by atoms with Gasteiger partial charge in [-0.15, -0.1) is 0 Å². The lowest BCUT2D eigenvalue weighted by Crippen LogP contribution is -2.36. The van der Waals surface area contributed by atoms with Gasteiger partial charge in [0, 0.05) is 50.9 Å². The summed E-state index contributed by atoms with van der Waals surface area (Å²) < 4.78 is 2.05. The maximum absolute atomic E-state index is 8.88. The zero-order valence-electron chi connectivity index (χ0n) is 15.1. The van der Waals surface area contributed by atoms with E-state index in [4.69, 9.17) is 5.26 Å². The first-order chi connectivity index (χ1) is 13.7. The predicted octanol–water partition coefficient (Wildman–Crippen LogP) is 4.18. The van der Waals surface area contributed by atoms with Crippen LogP contribution in [0.3, 0.4) is 0 Å². The van der Waals surface area contributed by atoms with Crippen LogP contribution in [0.15, 0.2) is 50.6 Å². The molecule has 2 aromatic heterocycles. The van der Waals surface area contributed by atoms with Gasteiger partial charge in [0.15, 0.2) is 6.19 Å². The lowest BCUT2D eigenvalue weighted by Gasteiger charge is -2.08. The number of thioether (sulfide) groups is 2. The first kappa shape index (κ1) is 23.0. The topological polar surface area (TPSA) is 86.0 Å². The quantitative estimate of drug-likeness (QED) is 0.153. The number of pyridine rings is 2. The third-order valence-corrected chi connectivity index (χ3v) is 6.73. The second-order valence-corrected chi connectivity index (χ2v) is 9.28. The maximum Gasteiger partial charge on any atom is 0.204 e. The molecule has 0 aliphatic heterocycles. The smallest absolute Gasteiger partial charge is 0.204 e. The van der Waals surface area contributed by atoms with E-state index in [0.29, 0.717) is 12.5 Å². The van der Waals surface area contributed by atoms with Crippen molar-refractivity contribution in [3.05, 3.63) is 57.0 Å². The summed E-state index contributed by atoms with van der Waals surface area (Å²) in [5, 5.41) is 14.7. The van der Waals surface area contributed by atoms with Gasteiger partial charge in [0.05, 0.1) is 17.9 Å². The van der Waals surface area contributed by atoms with Crippen LogP contribution < -0.4 is 10.6 Å². The minimum atomic E-state index is 0.515. The summed E-state index contributed by atoms with van der Waals surface area (Å²) in [4.78, 5) is 13.1. The average Bonchev–Trinajstić information content (AvgIpc) is 2.70.